The smallest absolute Gasteiger partial charge is 0.271 e. The van der Waals surface area contributed by atoms with E-state index in [1.54, 1.807) is 25.1 Å². The zero-order valence-corrected chi connectivity index (χ0v) is 23.8. The molecule has 0 spiro atoms. The van der Waals surface area contributed by atoms with E-state index in [0.29, 0.717) is 0 Å². The monoisotopic (exact) mass is 566 g/mol. The number of anilines is 1. The van der Waals surface area contributed by atoms with Gasteiger partial charge in [-0.05, 0) is 51.0 Å². The lowest BCUT2D eigenvalue weighted by atomic mass is 10.1. The number of hydrogen-bond acceptors (Lipinski definition) is 6. The highest BCUT2D eigenvalue weighted by atomic mass is 32.2. The molecule has 0 saturated carbocycles. The van der Waals surface area contributed by atoms with Crippen LogP contribution in [-0.4, -0.2) is 48.2 Å². The molecule has 1 atom stereocenters. The Labute approximate surface area is 234 Å². The van der Waals surface area contributed by atoms with Gasteiger partial charge in [0.1, 0.15) is 12.6 Å². The van der Waals surface area contributed by atoms with E-state index in [-0.39, 0.29) is 35.1 Å². The first-order valence-corrected chi connectivity index (χ1v) is 14.2. The van der Waals surface area contributed by atoms with E-state index >= 15 is 0 Å². The molecule has 0 aliphatic carbocycles. The van der Waals surface area contributed by atoms with Gasteiger partial charge >= 0.3 is 0 Å². The van der Waals surface area contributed by atoms with Crippen molar-refractivity contribution in [3.63, 3.8) is 0 Å². The van der Waals surface area contributed by atoms with E-state index in [1.807, 2.05) is 51.1 Å². The predicted octanol–water partition coefficient (Wildman–Crippen LogP) is 4.51. The summed E-state index contributed by atoms with van der Waals surface area (Å²) in [5.74, 6) is -1.00. The number of nitrogens with one attached hydrogen (secondary N) is 1. The molecule has 0 aliphatic rings. The highest BCUT2D eigenvalue weighted by Gasteiger charge is 2.35. The molecule has 0 aliphatic heterocycles. The highest BCUT2D eigenvalue weighted by Crippen LogP contribution is 2.28. The maximum absolute atomic E-state index is 14.0. The van der Waals surface area contributed by atoms with Crippen LogP contribution in [-0.2, 0) is 26.2 Å². The Morgan fingerprint density at radius 1 is 0.950 bits per heavy atom. The van der Waals surface area contributed by atoms with Crippen molar-refractivity contribution in [1.82, 2.24) is 10.2 Å². The number of non-ortho nitro benzene ring substituents is 1. The fourth-order valence-corrected chi connectivity index (χ4v) is 5.59. The van der Waals surface area contributed by atoms with Gasteiger partial charge in [-0.15, -0.1) is 0 Å². The summed E-state index contributed by atoms with van der Waals surface area (Å²) >= 11 is 0. The molecule has 3 rings (SSSR count). The molecule has 11 heteroatoms. The van der Waals surface area contributed by atoms with E-state index in [0.717, 1.165) is 15.9 Å². The van der Waals surface area contributed by atoms with Crippen LogP contribution in [0.15, 0.2) is 89.8 Å². The average molecular weight is 567 g/mol. The van der Waals surface area contributed by atoms with Gasteiger partial charge in [-0.2, -0.15) is 0 Å². The molecule has 10 nitrogen and oxygen atoms in total. The van der Waals surface area contributed by atoms with Gasteiger partial charge in [-0.3, -0.25) is 24.0 Å². The lowest BCUT2D eigenvalue weighted by molar-refractivity contribution is -0.384. The molecule has 40 heavy (non-hydrogen) atoms. The van der Waals surface area contributed by atoms with E-state index in [1.165, 1.54) is 35.2 Å². The summed E-state index contributed by atoms with van der Waals surface area (Å²) in [6, 6.07) is 20.8. The molecule has 0 heterocycles. The first-order chi connectivity index (χ1) is 18.8. The minimum Gasteiger partial charge on any atom is -0.350 e. The van der Waals surface area contributed by atoms with Gasteiger partial charge in [0.25, 0.3) is 15.7 Å². The lowest BCUT2D eigenvalue weighted by Gasteiger charge is -2.34. The predicted molar refractivity (Wildman–Crippen MR) is 153 cm³/mol. The fraction of sp³-hybridized carbons (Fsp3) is 0.310. The third-order valence-electron chi connectivity index (χ3n) is 6.02. The Morgan fingerprint density at radius 3 is 2.10 bits per heavy atom. The minimum atomic E-state index is -4.32. The Kier molecular flexibility index (Phi) is 9.65. The fourth-order valence-electron chi connectivity index (χ4n) is 4.16. The molecule has 3 aromatic rings. The van der Waals surface area contributed by atoms with Crippen molar-refractivity contribution >= 4 is 33.2 Å². The first kappa shape index (κ1) is 30.3. The maximum atomic E-state index is 14.0. The van der Waals surface area contributed by atoms with Crippen molar-refractivity contribution in [2.24, 2.45) is 0 Å². The quantitative estimate of drug-likeness (QED) is 0.268. The Hall–Kier alpha value is -4.25. The SMILES string of the molecule is CC[C@@H](C(=O)NC(C)(C)C)N(Cc1ccccc1)C(=O)CN(c1cccc([N+](=O)[O-])c1)S(=O)(=O)c1ccccc1. The average Bonchev–Trinajstić information content (AvgIpc) is 2.91. The van der Waals surface area contributed by atoms with Crippen LogP contribution in [0.4, 0.5) is 11.4 Å². The number of nitro benzene ring substituents is 1. The summed E-state index contributed by atoms with van der Waals surface area (Å²) in [7, 11) is -4.32. The largest absolute Gasteiger partial charge is 0.350 e. The van der Waals surface area contributed by atoms with Gasteiger partial charge in [0.05, 0.1) is 15.5 Å². The van der Waals surface area contributed by atoms with Crippen molar-refractivity contribution in [2.75, 3.05) is 10.8 Å². The number of nitro groups is 1. The Bertz CT molecular complexity index is 1440. The molecule has 0 bridgehead atoms. The van der Waals surface area contributed by atoms with Gasteiger partial charge in [-0.25, -0.2) is 8.42 Å². The van der Waals surface area contributed by atoms with Crippen LogP contribution in [0.25, 0.3) is 0 Å². The van der Waals surface area contributed by atoms with Gasteiger partial charge in [0.15, 0.2) is 0 Å². The van der Waals surface area contributed by atoms with Crippen LogP contribution in [0.2, 0.25) is 0 Å². The van der Waals surface area contributed by atoms with Gasteiger partial charge < -0.3 is 10.2 Å². The number of amides is 2. The van der Waals surface area contributed by atoms with Crippen LogP contribution in [0.1, 0.15) is 39.7 Å². The van der Waals surface area contributed by atoms with Crippen molar-refractivity contribution < 1.29 is 22.9 Å². The van der Waals surface area contributed by atoms with Gasteiger partial charge in [-0.1, -0.05) is 61.5 Å². The van der Waals surface area contributed by atoms with E-state index in [2.05, 4.69) is 5.32 Å². The molecule has 2 amide bonds. The maximum Gasteiger partial charge on any atom is 0.271 e. The van der Waals surface area contributed by atoms with Crippen LogP contribution < -0.4 is 9.62 Å². The number of benzene rings is 3. The molecule has 1 N–H and O–H groups in total. The van der Waals surface area contributed by atoms with Crippen molar-refractivity contribution in [3.05, 3.63) is 101 Å². The third-order valence-corrected chi connectivity index (χ3v) is 7.81. The van der Waals surface area contributed by atoms with E-state index in [9.17, 15) is 28.1 Å². The van der Waals surface area contributed by atoms with Crippen LogP contribution in [0.3, 0.4) is 0 Å². The molecule has 0 fully saturated rings. The number of carbonyl (C=O) groups is 2. The van der Waals surface area contributed by atoms with Crippen LogP contribution >= 0.6 is 0 Å². The Morgan fingerprint density at radius 2 is 1.55 bits per heavy atom. The summed E-state index contributed by atoms with van der Waals surface area (Å²) < 4.78 is 28.4. The molecule has 0 aromatic heterocycles. The minimum absolute atomic E-state index is 0.0433. The van der Waals surface area contributed by atoms with Crippen LogP contribution in [0.5, 0.6) is 0 Å². The summed E-state index contributed by atoms with van der Waals surface area (Å²) in [6.45, 7) is 6.65. The third kappa shape index (κ3) is 7.66. The highest BCUT2D eigenvalue weighted by molar-refractivity contribution is 7.92. The molecule has 0 saturated heterocycles. The summed E-state index contributed by atoms with van der Waals surface area (Å²) in [4.78, 5) is 39.4. The molecule has 212 valence electrons. The van der Waals surface area contributed by atoms with Crippen LogP contribution in [0, 0.1) is 10.1 Å². The number of nitrogens with zero attached hydrogens (tertiary/aromatic N) is 3. The number of sulfonamides is 1. The second-order valence-corrected chi connectivity index (χ2v) is 12.1. The second-order valence-electron chi connectivity index (χ2n) is 10.3. The van der Waals surface area contributed by atoms with Gasteiger partial charge in [0, 0.05) is 24.2 Å². The Balaban J connectivity index is 2.09. The topological polar surface area (TPSA) is 130 Å². The number of hydrogen-bond donors (Lipinski definition) is 1. The van der Waals surface area contributed by atoms with Crippen molar-refractivity contribution in [1.29, 1.82) is 0 Å². The lowest BCUT2D eigenvalue weighted by Crippen LogP contribution is -2.55. The number of rotatable bonds is 11. The van der Waals surface area contributed by atoms with Crippen molar-refractivity contribution in [3.8, 4) is 0 Å². The second kappa shape index (κ2) is 12.7. The number of carbonyl (C=O) groups excluding carboxylic acids is 2. The van der Waals surface area contributed by atoms with E-state index < -0.39 is 39.0 Å². The standard InChI is InChI=1S/C29H34N4O6S/c1-5-26(28(35)30-29(2,3)4)31(20-22-13-8-6-9-14-22)27(34)21-32(23-15-12-16-24(19-23)33(36)37)40(38,39)25-17-10-7-11-18-25/h6-19,26H,5,20-21H2,1-4H3,(H,30,35)/t26-/m0/s1. The summed E-state index contributed by atoms with van der Waals surface area (Å²) in [5.41, 5.74) is -0.170. The normalized spacial score (nSPS) is 12.3. The van der Waals surface area contributed by atoms with Gasteiger partial charge in [0.2, 0.25) is 11.8 Å². The first-order valence-electron chi connectivity index (χ1n) is 12.8. The molecular formula is C29H34N4O6S. The zero-order chi connectivity index (χ0) is 29.5. The molecular weight excluding hydrogens is 532 g/mol. The zero-order valence-electron chi connectivity index (χ0n) is 23.0. The van der Waals surface area contributed by atoms with Crippen molar-refractivity contribution in [2.45, 2.75) is 57.1 Å². The molecule has 0 radical (unpaired) electrons. The summed E-state index contributed by atoms with van der Waals surface area (Å²) in [6.07, 6.45) is 0.280. The summed E-state index contributed by atoms with van der Waals surface area (Å²) in [5, 5.41) is 14.4. The van der Waals surface area contributed by atoms with E-state index in [4.69, 9.17) is 0 Å². The molecule has 3 aromatic carbocycles. The molecule has 0 unspecified atom stereocenters.